The van der Waals surface area contributed by atoms with Gasteiger partial charge < -0.3 is 10.2 Å². The van der Waals surface area contributed by atoms with Crippen molar-refractivity contribution in [1.29, 1.82) is 0 Å². The topological polar surface area (TPSA) is 105 Å². The number of anilines is 1. The molecule has 0 saturated carbocycles. The van der Waals surface area contributed by atoms with Crippen molar-refractivity contribution < 1.29 is 13.2 Å². The Labute approximate surface area is 146 Å². The van der Waals surface area contributed by atoms with Crippen LogP contribution in [0, 0.1) is 0 Å². The molecule has 3 heterocycles. The lowest BCUT2D eigenvalue weighted by atomic mass is 10.2. The number of hydrogen-bond acceptors (Lipinski definition) is 7. The standard InChI is InChI=1S/C16H19N5O3S/c1-21(13-6-9-25(23,24)11-13)16(22)14-2-3-15(20-19-14)18-10-12-4-7-17-8-5-12/h2-5,7-8,13H,6,9-11H2,1H3,(H,18,20). The average Bonchev–Trinajstić information content (AvgIpc) is 3.00. The molecule has 1 N–H and O–H groups in total. The SMILES string of the molecule is CN(C(=O)c1ccc(NCc2ccncc2)nn1)C1CCS(=O)(=O)C1. The molecule has 9 heteroatoms. The summed E-state index contributed by atoms with van der Waals surface area (Å²) >= 11 is 0. The van der Waals surface area contributed by atoms with Crippen LogP contribution in [-0.4, -0.2) is 59.0 Å². The van der Waals surface area contributed by atoms with E-state index in [1.54, 1.807) is 31.6 Å². The van der Waals surface area contributed by atoms with E-state index in [2.05, 4.69) is 20.5 Å². The smallest absolute Gasteiger partial charge is 0.274 e. The van der Waals surface area contributed by atoms with Crippen LogP contribution in [0.15, 0.2) is 36.7 Å². The summed E-state index contributed by atoms with van der Waals surface area (Å²) in [5, 5.41) is 11.1. The fourth-order valence-electron chi connectivity index (χ4n) is 2.66. The summed E-state index contributed by atoms with van der Waals surface area (Å²) in [7, 11) is -1.44. The molecule has 1 fully saturated rings. The molecule has 3 rings (SSSR count). The first kappa shape index (κ1) is 17.3. The molecule has 2 aromatic heterocycles. The summed E-state index contributed by atoms with van der Waals surface area (Å²) in [6, 6.07) is 6.75. The number of hydrogen-bond donors (Lipinski definition) is 1. The normalized spacial score (nSPS) is 18.7. The maximum absolute atomic E-state index is 12.4. The average molecular weight is 361 g/mol. The van der Waals surface area contributed by atoms with Crippen LogP contribution in [0.25, 0.3) is 0 Å². The number of amides is 1. The molecule has 1 aliphatic rings. The van der Waals surface area contributed by atoms with Crippen LogP contribution >= 0.6 is 0 Å². The predicted octanol–water partition coefficient (Wildman–Crippen LogP) is 0.743. The summed E-state index contributed by atoms with van der Waals surface area (Å²) < 4.78 is 23.1. The molecule has 0 aliphatic carbocycles. The molecule has 0 bridgehead atoms. The molecule has 132 valence electrons. The number of nitrogens with zero attached hydrogens (tertiary/aromatic N) is 4. The minimum absolute atomic E-state index is 0.00818. The molecule has 25 heavy (non-hydrogen) atoms. The Bertz CT molecular complexity index is 840. The third-order valence-corrected chi connectivity index (χ3v) is 5.93. The van der Waals surface area contributed by atoms with Gasteiger partial charge in [0.2, 0.25) is 0 Å². The zero-order chi connectivity index (χ0) is 17.9. The highest BCUT2D eigenvalue weighted by molar-refractivity contribution is 7.91. The van der Waals surface area contributed by atoms with Crippen LogP contribution in [0.5, 0.6) is 0 Å². The van der Waals surface area contributed by atoms with Gasteiger partial charge in [-0.3, -0.25) is 9.78 Å². The van der Waals surface area contributed by atoms with Crippen molar-refractivity contribution in [2.75, 3.05) is 23.9 Å². The number of sulfone groups is 1. The van der Waals surface area contributed by atoms with Crippen molar-refractivity contribution in [3.8, 4) is 0 Å². The molecule has 1 atom stereocenters. The molecule has 1 amide bonds. The van der Waals surface area contributed by atoms with E-state index in [0.29, 0.717) is 18.8 Å². The fourth-order valence-corrected chi connectivity index (χ4v) is 4.44. The first-order valence-corrected chi connectivity index (χ1v) is 9.71. The second-order valence-corrected chi connectivity index (χ2v) is 8.21. The van der Waals surface area contributed by atoms with Crippen LogP contribution in [0.2, 0.25) is 0 Å². The van der Waals surface area contributed by atoms with Crippen LogP contribution in [0.1, 0.15) is 22.5 Å². The number of pyridine rings is 1. The number of carbonyl (C=O) groups excluding carboxylic acids is 1. The van der Waals surface area contributed by atoms with Gasteiger partial charge in [0.1, 0.15) is 5.82 Å². The van der Waals surface area contributed by atoms with Gasteiger partial charge in [0.05, 0.1) is 11.5 Å². The van der Waals surface area contributed by atoms with E-state index in [9.17, 15) is 13.2 Å². The lowest BCUT2D eigenvalue weighted by Crippen LogP contribution is -2.38. The monoisotopic (exact) mass is 361 g/mol. The summed E-state index contributed by atoms with van der Waals surface area (Å²) in [6.45, 7) is 0.574. The number of rotatable bonds is 5. The second-order valence-electron chi connectivity index (χ2n) is 5.99. The summed E-state index contributed by atoms with van der Waals surface area (Å²) in [5.41, 5.74) is 1.25. The van der Waals surface area contributed by atoms with Gasteiger partial charge in [0.25, 0.3) is 5.91 Å². The van der Waals surface area contributed by atoms with Gasteiger partial charge in [0, 0.05) is 32.0 Å². The maximum Gasteiger partial charge on any atom is 0.274 e. The largest absolute Gasteiger partial charge is 0.365 e. The molecule has 2 aromatic rings. The van der Waals surface area contributed by atoms with E-state index >= 15 is 0 Å². The van der Waals surface area contributed by atoms with E-state index in [1.807, 2.05) is 12.1 Å². The Hall–Kier alpha value is -2.55. The summed E-state index contributed by atoms with van der Waals surface area (Å²) in [6.07, 6.45) is 3.89. The molecule has 8 nitrogen and oxygen atoms in total. The van der Waals surface area contributed by atoms with Crippen LogP contribution in [-0.2, 0) is 16.4 Å². The highest BCUT2D eigenvalue weighted by atomic mass is 32.2. The van der Waals surface area contributed by atoms with Crippen molar-refractivity contribution >= 4 is 21.6 Å². The zero-order valence-electron chi connectivity index (χ0n) is 13.8. The lowest BCUT2D eigenvalue weighted by Gasteiger charge is -2.22. The van der Waals surface area contributed by atoms with Crippen LogP contribution < -0.4 is 5.32 Å². The molecule has 1 saturated heterocycles. The van der Waals surface area contributed by atoms with Crippen LogP contribution in [0.4, 0.5) is 5.82 Å². The van der Waals surface area contributed by atoms with Crippen LogP contribution in [0.3, 0.4) is 0 Å². The van der Waals surface area contributed by atoms with E-state index < -0.39 is 9.84 Å². The molecule has 1 unspecified atom stereocenters. The van der Waals surface area contributed by atoms with Gasteiger partial charge in [-0.1, -0.05) is 0 Å². The zero-order valence-corrected chi connectivity index (χ0v) is 14.6. The first-order valence-electron chi connectivity index (χ1n) is 7.89. The Morgan fingerprint density at radius 3 is 2.60 bits per heavy atom. The Morgan fingerprint density at radius 2 is 2.00 bits per heavy atom. The fraction of sp³-hybridized carbons (Fsp3) is 0.375. The van der Waals surface area contributed by atoms with Gasteiger partial charge in [0.15, 0.2) is 15.5 Å². The Morgan fingerprint density at radius 1 is 1.24 bits per heavy atom. The Kier molecular flexibility index (Phi) is 4.93. The van der Waals surface area contributed by atoms with Crippen molar-refractivity contribution in [3.63, 3.8) is 0 Å². The second kappa shape index (κ2) is 7.14. The van der Waals surface area contributed by atoms with Gasteiger partial charge in [-0.15, -0.1) is 10.2 Å². The van der Waals surface area contributed by atoms with Gasteiger partial charge in [-0.25, -0.2) is 8.42 Å². The number of aromatic nitrogens is 3. The molecular weight excluding hydrogens is 342 g/mol. The lowest BCUT2D eigenvalue weighted by molar-refractivity contribution is 0.0740. The highest BCUT2D eigenvalue weighted by Gasteiger charge is 2.33. The number of nitrogens with one attached hydrogen (secondary N) is 1. The Balaban J connectivity index is 1.60. The molecule has 1 aliphatic heterocycles. The molecule has 0 radical (unpaired) electrons. The van der Waals surface area contributed by atoms with E-state index in [-0.39, 0.29) is 29.1 Å². The van der Waals surface area contributed by atoms with Crippen molar-refractivity contribution in [2.45, 2.75) is 19.0 Å². The summed E-state index contributed by atoms with van der Waals surface area (Å²) in [5.74, 6) is 0.363. The van der Waals surface area contributed by atoms with Gasteiger partial charge in [-0.2, -0.15) is 0 Å². The molecular formula is C16H19N5O3S. The minimum atomic E-state index is -3.04. The van der Waals surface area contributed by atoms with E-state index in [1.165, 1.54) is 4.90 Å². The van der Waals surface area contributed by atoms with Gasteiger partial charge >= 0.3 is 0 Å². The van der Waals surface area contributed by atoms with Crippen molar-refractivity contribution in [2.24, 2.45) is 0 Å². The highest BCUT2D eigenvalue weighted by Crippen LogP contribution is 2.18. The predicted molar refractivity (Wildman–Crippen MR) is 92.7 cm³/mol. The van der Waals surface area contributed by atoms with Gasteiger partial charge in [-0.05, 0) is 36.2 Å². The van der Waals surface area contributed by atoms with E-state index in [0.717, 1.165) is 5.56 Å². The molecule has 0 spiro atoms. The van der Waals surface area contributed by atoms with Crippen molar-refractivity contribution in [3.05, 3.63) is 47.9 Å². The molecule has 0 aromatic carbocycles. The number of carbonyl (C=O) groups is 1. The third kappa shape index (κ3) is 4.30. The first-order chi connectivity index (χ1) is 11.9. The quantitative estimate of drug-likeness (QED) is 0.837. The maximum atomic E-state index is 12.4. The summed E-state index contributed by atoms with van der Waals surface area (Å²) in [4.78, 5) is 17.8. The van der Waals surface area contributed by atoms with Crippen molar-refractivity contribution in [1.82, 2.24) is 20.1 Å². The van der Waals surface area contributed by atoms with E-state index in [4.69, 9.17) is 0 Å². The third-order valence-electron chi connectivity index (χ3n) is 4.18. The minimum Gasteiger partial charge on any atom is -0.365 e.